The van der Waals surface area contributed by atoms with Crippen LogP contribution in [0.25, 0.3) is 11.3 Å². The van der Waals surface area contributed by atoms with Crippen LogP contribution in [0.15, 0.2) is 73.1 Å². The highest BCUT2D eigenvalue weighted by atomic mass is 16.5. The Bertz CT molecular complexity index is 1480. The first-order chi connectivity index (χ1) is 20.6. The molecule has 0 aliphatic carbocycles. The number of benzene rings is 2. The lowest BCUT2D eigenvalue weighted by Crippen LogP contribution is -2.47. The Morgan fingerprint density at radius 1 is 1.05 bits per heavy atom. The standard InChI is InChI=1S/C33H38N6O3/c1-38-14-16-39(17-15-38)22-33(40)37-32-20-28(12-13-34-32)42-27-10-11-30-26(19-27)18-24(23-41-30)6-5-9-31-35-21-29(36-31)25-7-3-2-4-8-25/h2-4,7-8,10-13,19-21,24H,5-6,9,14-18,22-23H2,1H3,(H,35,36)(H,34,37,40). The Balaban J connectivity index is 0.996. The van der Waals surface area contributed by atoms with E-state index < -0.39 is 0 Å². The van der Waals surface area contributed by atoms with Crippen molar-refractivity contribution in [3.63, 3.8) is 0 Å². The highest BCUT2D eigenvalue weighted by Gasteiger charge is 2.21. The molecule has 4 heterocycles. The molecule has 4 aromatic rings. The van der Waals surface area contributed by atoms with Gasteiger partial charge in [0.15, 0.2) is 0 Å². The zero-order chi connectivity index (χ0) is 28.7. The molecule has 0 bridgehead atoms. The first-order valence-electron chi connectivity index (χ1n) is 14.8. The van der Waals surface area contributed by atoms with E-state index in [4.69, 9.17) is 9.47 Å². The summed E-state index contributed by atoms with van der Waals surface area (Å²) in [6.45, 7) is 4.82. The number of ether oxygens (including phenoxy) is 2. The van der Waals surface area contributed by atoms with Gasteiger partial charge < -0.3 is 24.7 Å². The third-order valence-corrected chi connectivity index (χ3v) is 7.95. The number of hydrogen-bond acceptors (Lipinski definition) is 7. The molecule has 2 aliphatic heterocycles. The summed E-state index contributed by atoms with van der Waals surface area (Å²) in [4.78, 5) is 29.4. The predicted molar refractivity (Wildman–Crippen MR) is 163 cm³/mol. The van der Waals surface area contributed by atoms with Gasteiger partial charge in [0, 0.05) is 44.9 Å². The van der Waals surface area contributed by atoms with Crippen LogP contribution in [0.1, 0.15) is 24.2 Å². The monoisotopic (exact) mass is 566 g/mol. The molecule has 1 amide bonds. The van der Waals surface area contributed by atoms with Gasteiger partial charge in [-0.05, 0) is 67.6 Å². The third kappa shape index (κ3) is 7.35. The lowest BCUT2D eigenvalue weighted by atomic mass is 9.92. The van der Waals surface area contributed by atoms with Crippen LogP contribution in [-0.4, -0.2) is 77.0 Å². The minimum atomic E-state index is -0.0649. The summed E-state index contributed by atoms with van der Waals surface area (Å²) in [5.41, 5.74) is 3.37. The predicted octanol–water partition coefficient (Wildman–Crippen LogP) is 5.02. The average Bonchev–Trinajstić information content (AvgIpc) is 3.48. The number of hydrogen-bond donors (Lipinski definition) is 2. The van der Waals surface area contributed by atoms with E-state index in [1.807, 2.05) is 36.5 Å². The third-order valence-electron chi connectivity index (χ3n) is 7.95. The molecular weight excluding hydrogens is 528 g/mol. The molecule has 1 unspecified atom stereocenters. The lowest BCUT2D eigenvalue weighted by molar-refractivity contribution is -0.117. The number of likely N-dealkylation sites (N-methyl/N-ethyl adjacent to an activating group) is 1. The molecule has 1 saturated heterocycles. The number of amides is 1. The summed E-state index contributed by atoms with van der Waals surface area (Å²) in [6.07, 6.45) is 7.54. The van der Waals surface area contributed by atoms with Crippen LogP contribution in [-0.2, 0) is 17.6 Å². The molecule has 218 valence electrons. The molecule has 0 spiro atoms. The summed E-state index contributed by atoms with van der Waals surface area (Å²) in [5.74, 6) is 4.17. The number of nitrogens with one attached hydrogen (secondary N) is 2. The van der Waals surface area contributed by atoms with E-state index in [0.29, 0.717) is 24.0 Å². The fraction of sp³-hybridized carbons (Fsp3) is 0.364. The molecule has 42 heavy (non-hydrogen) atoms. The topological polar surface area (TPSA) is 95.6 Å². The van der Waals surface area contributed by atoms with E-state index in [9.17, 15) is 4.79 Å². The van der Waals surface area contributed by atoms with Gasteiger partial charge in [0.2, 0.25) is 5.91 Å². The van der Waals surface area contributed by atoms with Gasteiger partial charge in [-0.3, -0.25) is 9.69 Å². The minimum Gasteiger partial charge on any atom is -0.493 e. The fourth-order valence-electron chi connectivity index (χ4n) is 5.57. The molecule has 9 heteroatoms. The number of imidazole rings is 1. The van der Waals surface area contributed by atoms with Gasteiger partial charge in [-0.25, -0.2) is 9.97 Å². The maximum Gasteiger partial charge on any atom is 0.239 e. The molecule has 2 N–H and O–H groups in total. The zero-order valence-electron chi connectivity index (χ0n) is 24.1. The van der Waals surface area contributed by atoms with E-state index in [1.54, 1.807) is 18.3 Å². The van der Waals surface area contributed by atoms with Gasteiger partial charge in [0.25, 0.3) is 0 Å². The Kier molecular flexibility index (Phi) is 8.77. The van der Waals surface area contributed by atoms with Crippen molar-refractivity contribution in [3.8, 4) is 28.5 Å². The van der Waals surface area contributed by atoms with Gasteiger partial charge in [0.1, 0.15) is 28.9 Å². The van der Waals surface area contributed by atoms with Crippen LogP contribution in [0.4, 0.5) is 5.82 Å². The van der Waals surface area contributed by atoms with Gasteiger partial charge in [-0.2, -0.15) is 0 Å². The highest BCUT2D eigenvalue weighted by molar-refractivity contribution is 5.91. The number of aromatic amines is 1. The van der Waals surface area contributed by atoms with Crippen molar-refractivity contribution in [1.82, 2.24) is 24.8 Å². The van der Waals surface area contributed by atoms with Gasteiger partial charge in [0.05, 0.1) is 25.0 Å². The van der Waals surface area contributed by atoms with Gasteiger partial charge in [-0.15, -0.1) is 0 Å². The van der Waals surface area contributed by atoms with Crippen LogP contribution in [0.3, 0.4) is 0 Å². The largest absolute Gasteiger partial charge is 0.493 e. The van der Waals surface area contributed by atoms with E-state index in [2.05, 4.69) is 55.3 Å². The SMILES string of the molecule is CN1CCN(CC(=O)Nc2cc(Oc3ccc4c(c3)CC(CCCc3ncc(-c5ccccc5)[nH]3)CO4)ccn2)CC1. The fourth-order valence-corrected chi connectivity index (χ4v) is 5.57. The van der Waals surface area contributed by atoms with E-state index >= 15 is 0 Å². The van der Waals surface area contributed by atoms with Gasteiger partial charge in [-0.1, -0.05) is 30.3 Å². The number of piperazine rings is 1. The van der Waals surface area contributed by atoms with Crippen molar-refractivity contribution in [2.24, 2.45) is 5.92 Å². The highest BCUT2D eigenvalue weighted by Crippen LogP contribution is 2.34. The number of nitrogens with zero attached hydrogens (tertiary/aromatic N) is 4. The molecule has 9 nitrogen and oxygen atoms in total. The number of aryl methyl sites for hydroxylation is 1. The number of anilines is 1. The van der Waals surface area contributed by atoms with Crippen molar-refractivity contribution in [2.45, 2.75) is 25.7 Å². The van der Waals surface area contributed by atoms with Crippen molar-refractivity contribution >= 4 is 11.7 Å². The van der Waals surface area contributed by atoms with Crippen LogP contribution in [0.2, 0.25) is 0 Å². The van der Waals surface area contributed by atoms with Crippen LogP contribution in [0.5, 0.6) is 17.2 Å². The smallest absolute Gasteiger partial charge is 0.239 e. The molecule has 2 aliphatic rings. The van der Waals surface area contributed by atoms with E-state index in [-0.39, 0.29) is 5.91 Å². The Hall–Kier alpha value is -4.21. The molecular formula is C33H38N6O3. The number of carbonyl (C=O) groups excluding carboxylic acids is 1. The first kappa shape index (κ1) is 27.9. The van der Waals surface area contributed by atoms with Crippen molar-refractivity contribution in [3.05, 3.63) is 84.4 Å². The number of fused-ring (bicyclic) bond motifs is 1. The summed E-state index contributed by atoms with van der Waals surface area (Å²) in [7, 11) is 2.10. The summed E-state index contributed by atoms with van der Waals surface area (Å²) in [5, 5.41) is 2.91. The minimum absolute atomic E-state index is 0.0649. The molecule has 2 aromatic heterocycles. The summed E-state index contributed by atoms with van der Waals surface area (Å²) < 4.78 is 12.3. The van der Waals surface area contributed by atoms with Crippen LogP contribution < -0.4 is 14.8 Å². The normalized spacial score (nSPS) is 17.3. The molecule has 0 saturated carbocycles. The number of H-pyrrole nitrogens is 1. The summed E-state index contributed by atoms with van der Waals surface area (Å²) in [6, 6.07) is 19.8. The van der Waals surface area contributed by atoms with Crippen molar-refractivity contribution in [1.29, 1.82) is 0 Å². The van der Waals surface area contributed by atoms with Crippen LogP contribution in [0, 0.1) is 5.92 Å². The quantitative estimate of drug-likeness (QED) is 0.278. The molecule has 1 atom stereocenters. The van der Waals surface area contributed by atoms with Crippen molar-refractivity contribution < 1.29 is 14.3 Å². The number of pyridine rings is 1. The Morgan fingerprint density at radius 2 is 1.88 bits per heavy atom. The lowest BCUT2D eigenvalue weighted by Gasteiger charge is -2.31. The Morgan fingerprint density at radius 3 is 2.74 bits per heavy atom. The second kappa shape index (κ2) is 13.2. The van der Waals surface area contributed by atoms with Crippen LogP contribution >= 0.6 is 0 Å². The average molecular weight is 567 g/mol. The number of carbonyl (C=O) groups is 1. The zero-order valence-corrected chi connectivity index (χ0v) is 24.1. The van der Waals surface area contributed by atoms with E-state index in [0.717, 1.165) is 92.6 Å². The van der Waals surface area contributed by atoms with E-state index in [1.165, 1.54) is 0 Å². The number of aromatic nitrogens is 3. The second-order valence-electron chi connectivity index (χ2n) is 11.3. The second-order valence-corrected chi connectivity index (χ2v) is 11.3. The molecule has 1 fully saturated rings. The molecule has 0 radical (unpaired) electrons. The first-order valence-corrected chi connectivity index (χ1v) is 14.8. The maximum atomic E-state index is 12.6. The summed E-state index contributed by atoms with van der Waals surface area (Å²) >= 11 is 0. The Labute approximate surface area is 246 Å². The van der Waals surface area contributed by atoms with Crippen molar-refractivity contribution in [2.75, 3.05) is 51.7 Å². The number of rotatable bonds is 10. The maximum absolute atomic E-state index is 12.6. The molecule has 2 aromatic carbocycles. The molecule has 6 rings (SSSR count). The van der Waals surface area contributed by atoms with Gasteiger partial charge >= 0.3 is 0 Å².